The minimum absolute atomic E-state index is 0.0475. The molecule has 3 rings (SSSR count). The van der Waals surface area contributed by atoms with Crippen LogP contribution in [0.25, 0.3) is 11.0 Å². The Bertz CT molecular complexity index is 979. The topological polar surface area (TPSA) is 64.0 Å². The molecule has 132 valence electrons. The van der Waals surface area contributed by atoms with Gasteiger partial charge in [-0.1, -0.05) is 12.1 Å². The van der Waals surface area contributed by atoms with E-state index in [9.17, 15) is 12.8 Å². The summed E-state index contributed by atoms with van der Waals surface area (Å²) in [6, 6.07) is 12.8. The number of fused-ring (bicyclic) bond motifs is 1. The maximum absolute atomic E-state index is 12.9. The third-order valence-corrected chi connectivity index (χ3v) is 5.43. The van der Waals surface area contributed by atoms with Gasteiger partial charge in [0.2, 0.25) is 10.0 Å². The van der Waals surface area contributed by atoms with E-state index in [4.69, 9.17) is 0 Å². The van der Waals surface area contributed by atoms with Gasteiger partial charge in [-0.05, 0) is 50.2 Å². The van der Waals surface area contributed by atoms with E-state index in [0.717, 1.165) is 29.0 Å². The van der Waals surface area contributed by atoms with Crippen LogP contribution in [0, 0.1) is 5.82 Å². The maximum atomic E-state index is 12.9. The maximum Gasteiger partial charge on any atom is 0.240 e. The van der Waals surface area contributed by atoms with Crippen molar-refractivity contribution in [2.45, 2.75) is 31.2 Å². The van der Waals surface area contributed by atoms with Gasteiger partial charge in [0, 0.05) is 19.0 Å². The zero-order chi connectivity index (χ0) is 18.0. The SMILES string of the molecule is CC(C)n1c(CCNS(=O)(=O)c2ccc(F)cc2)nc2ccccc21. The van der Waals surface area contributed by atoms with Crippen LogP contribution in [0.2, 0.25) is 0 Å². The van der Waals surface area contributed by atoms with Crippen LogP contribution in [0.3, 0.4) is 0 Å². The summed E-state index contributed by atoms with van der Waals surface area (Å²) in [5.41, 5.74) is 1.93. The summed E-state index contributed by atoms with van der Waals surface area (Å²) >= 11 is 0. The Labute approximate surface area is 146 Å². The molecule has 0 atom stereocenters. The Morgan fingerprint density at radius 3 is 2.48 bits per heavy atom. The molecule has 0 bridgehead atoms. The number of para-hydroxylation sites is 2. The van der Waals surface area contributed by atoms with E-state index in [-0.39, 0.29) is 17.5 Å². The molecule has 0 aliphatic carbocycles. The molecule has 3 aromatic rings. The van der Waals surface area contributed by atoms with Crippen LogP contribution >= 0.6 is 0 Å². The zero-order valence-electron chi connectivity index (χ0n) is 14.1. The molecule has 0 spiro atoms. The number of hydrogen-bond donors (Lipinski definition) is 1. The smallest absolute Gasteiger partial charge is 0.240 e. The minimum Gasteiger partial charge on any atom is -0.325 e. The van der Waals surface area contributed by atoms with Crippen LogP contribution in [-0.4, -0.2) is 24.5 Å². The van der Waals surface area contributed by atoms with E-state index in [1.54, 1.807) is 0 Å². The van der Waals surface area contributed by atoms with Crippen molar-refractivity contribution in [1.29, 1.82) is 0 Å². The average molecular weight is 361 g/mol. The largest absolute Gasteiger partial charge is 0.325 e. The quantitative estimate of drug-likeness (QED) is 0.733. The predicted octanol–water partition coefficient (Wildman–Crippen LogP) is 3.28. The summed E-state index contributed by atoms with van der Waals surface area (Å²) in [4.78, 5) is 4.66. The first kappa shape index (κ1) is 17.6. The summed E-state index contributed by atoms with van der Waals surface area (Å²) in [7, 11) is -3.66. The molecule has 2 aromatic carbocycles. The van der Waals surface area contributed by atoms with Crippen LogP contribution in [-0.2, 0) is 16.4 Å². The minimum atomic E-state index is -3.66. The van der Waals surface area contributed by atoms with E-state index >= 15 is 0 Å². The molecule has 0 aliphatic heterocycles. The summed E-state index contributed by atoms with van der Waals surface area (Å²) < 4.78 is 42.1. The number of sulfonamides is 1. The van der Waals surface area contributed by atoms with Gasteiger partial charge in [0.25, 0.3) is 0 Å². The number of nitrogens with one attached hydrogen (secondary N) is 1. The van der Waals surface area contributed by atoms with Crippen molar-refractivity contribution in [3.05, 3.63) is 60.2 Å². The van der Waals surface area contributed by atoms with Crippen molar-refractivity contribution in [3.63, 3.8) is 0 Å². The Morgan fingerprint density at radius 2 is 1.80 bits per heavy atom. The first-order valence-corrected chi connectivity index (χ1v) is 9.58. The number of imidazole rings is 1. The number of benzene rings is 2. The van der Waals surface area contributed by atoms with E-state index in [0.29, 0.717) is 6.42 Å². The van der Waals surface area contributed by atoms with Crippen LogP contribution in [0.15, 0.2) is 53.4 Å². The molecule has 0 amide bonds. The third kappa shape index (κ3) is 3.72. The van der Waals surface area contributed by atoms with Crippen LogP contribution in [0.4, 0.5) is 4.39 Å². The van der Waals surface area contributed by atoms with Gasteiger partial charge >= 0.3 is 0 Å². The van der Waals surface area contributed by atoms with E-state index in [2.05, 4.69) is 28.1 Å². The van der Waals surface area contributed by atoms with E-state index in [1.807, 2.05) is 24.3 Å². The molecule has 5 nitrogen and oxygen atoms in total. The van der Waals surface area contributed by atoms with Gasteiger partial charge in [-0.15, -0.1) is 0 Å². The fraction of sp³-hybridized carbons (Fsp3) is 0.278. The lowest BCUT2D eigenvalue weighted by Crippen LogP contribution is -2.27. The molecule has 0 fully saturated rings. The molecule has 0 saturated heterocycles. The Kier molecular flexibility index (Phi) is 4.87. The van der Waals surface area contributed by atoms with E-state index in [1.165, 1.54) is 12.1 Å². The van der Waals surface area contributed by atoms with Crippen LogP contribution in [0.5, 0.6) is 0 Å². The molecule has 0 aliphatic rings. The summed E-state index contributed by atoms with van der Waals surface area (Å²) in [6.45, 7) is 4.36. The lowest BCUT2D eigenvalue weighted by atomic mass is 10.3. The third-order valence-electron chi connectivity index (χ3n) is 3.95. The lowest BCUT2D eigenvalue weighted by molar-refractivity contribution is 0.567. The van der Waals surface area contributed by atoms with Crippen molar-refractivity contribution in [2.75, 3.05) is 6.54 Å². The fourth-order valence-electron chi connectivity index (χ4n) is 2.84. The van der Waals surface area contributed by atoms with Crippen molar-refractivity contribution in [3.8, 4) is 0 Å². The highest BCUT2D eigenvalue weighted by molar-refractivity contribution is 7.89. The highest BCUT2D eigenvalue weighted by atomic mass is 32.2. The molecule has 1 aromatic heterocycles. The fourth-order valence-corrected chi connectivity index (χ4v) is 3.87. The number of rotatable bonds is 6. The monoisotopic (exact) mass is 361 g/mol. The molecule has 0 unspecified atom stereocenters. The Hall–Kier alpha value is -2.25. The summed E-state index contributed by atoms with van der Waals surface area (Å²) in [5, 5.41) is 0. The van der Waals surface area contributed by atoms with Crippen molar-refractivity contribution in [1.82, 2.24) is 14.3 Å². The van der Waals surface area contributed by atoms with Crippen molar-refractivity contribution < 1.29 is 12.8 Å². The zero-order valence-corrected chi connectivity index (χ0v) is 14.9. The molecular weight excluding hydrogens is 341 g/mol. The highest BCUT2D eigenvalue weighted by Crippen LogP contribution is 2.21. The molecule has 1 heterocycles. The number of nitrogens with zero attached hydrogens (tertiary/aromatic N) is 2. The molecule has 0 saturated carbocycles. The average Bonchev–Trinajstić information content (AvgIpc) is 2.93. The summed E-state index contributed by atoms with van der Waals surface area (Å²) in [6.07, 6.45) is 0.466. The van der Waals surface area contributed by atoms with Gasteiger partial charge < -0.3 is 4.57 Å². The Balaban J connectivity index is 1.77. The van der Waals surface area contributed by atoms with Gasteiger partial charge in [-0.3, -0.25) is 0 Å². The molecule has 1 N–H and O–H groups in total. The lowest BCUT2D eigenvalue weighted by Gasteiger charge is -2.13. The standard InChI is InChI=1S/C18H20FN3O2S/c1-13(2)22-17-6-4-3-5-16(17)21-18(22)11-12-20-25(23,24)15-9-7-14(19)8-10-15/h3-10,13,20H,11-12H2,1-2H3. The second kappa shape index (κ2) is 6.93. The number of halogens is 1. The van der Waals surface area contributed by atoms with E-state index < -0.39 is 15.8 Å². The van der Waals surface area contributed by atoms with Crippen molar-refractivity contribution in [2.24, 2.45) is 0 Å². The second-order valence-electron chi connectivity index (χ2n) is 6.08. The molecule has 0 radical (unpaired) electrons. The number of hydrogen-bond acceptors (Lipinski definition) is 3. The first-order chi connectivity index (χ1) is 11.9. The number of aromatic nitrogens is 2. The molecular formula is C18H20FN3O2S. The van der Waals surface area contributed by atoms with Gasteiger partial charge in [-0.25, -0.2) is 22.5 Å². The normalized spacial score (nSPS) is 12.2. The summed E-state index contributed by atoms with van der Waals surface area (Å²) in [5.74, 6) is 0.364. The molecule has 7 heteroatoms. The van der Waals surface area contributed by atoms with Crippen LogP contribution in [0.1, 0.15) is 25.7 Å². The van der Waals surface area contributed by atoms with Gasteiger partial charge in [0.15, 0.2) is 0 Å². The first-order valence-electron chi connectivity index (χ1n) is 8.09. The highest BCUT2D eigenvalue weighted by Gasteiger charge is 2.16. The van der Waals surface area contributed by atoms with Gasteiger partial charge in [-0.2, -0.15) is 0 Å². The predicted molar refractivity (Wildman–Crippen MR) is 95.4 cm³/mol. The Morgan fingerprint density at radius 1 is 1.12 bits per heavy atom. The van der Waals surface area contributed by atoms with Gasteiger partial charge in [0.05, 0.1) is 15.9 Å². The second-order valence-corrected chi connectivity index (χ2v) is 7.85. The van der Waals surface area contributed by atoms with Gasteiger partial charge in [0.1, 0.15) is 11.6 Å². The van der Waals surface area contributed by atoms with Crippen LogP contribution < -0.4 is 4.72 Å². The van der Waals surface area contributed by atoms with Crippen molar-refractivity contribution >= 4 is 21.1 Å². The molecule has 25 heavy (non-hydrogen) atoms.